The Labute approximate surface area is 137 Å². The number of hydrogen-bond donors (Lipinski definition) is 2. The van der Waals surface area contributed by atoms with Crippen LogP contribution in [0.15, 0.2) is 41.2 Å². The van der Waals surface area contributed by atoms with Crippen LogP contribution in [0, 0.1) is 0 Å². The number of nitrogens with one attached hydrogen (secondary N) is 1. The van der Waals surface area contributed by atoms with Gasteiger partial charge in [0.15, 0.2) is 0 Å². The first kappa shape index (κ1) is 17.2. The molecule has 1 aromatic heterocycles. The molecule has 24 heavy (non-hydrogen) atoms. The van der Waals surface area contributed by atoms with Crippen LogP contribution in [0.5, 0.6) is 5.75 Å². The number of methoxy groups -OCH3 is 1. The maximum atomic E-state index is 11.9. The fourth-order valence-corrected chi connectivity index (χ4v) is 1.98. The normalized spacial score (nSPS) is 11.6. The monoisotopic (exact) mass is 331 g/mol. The third kappa shape index (κ3) is 4.19. The molecule has 0 aliphatic carbocycles. The zero-order valence-electron chi connectivity index (χ0n) is 13.2. The summed E-state index contributed by atoms with van der Waals surface area (Å²) in [5.74, 6) is -1.13. The Hall–Kier alpha value is -3.16. The first-order valence-corrected chi connectivity index (χ1v) is 7.15. The van der Waals surface area contributed by atoms with Gasteiger partial charge in [-0.15, -0.1) is 0 Å². The van der Waals surface area contributed by atoms with Gasteiger partial charge in [0.1, 0.15) is 18.3 Å². The van der Waals surface area contributed by atoms with Crippen molar-refractivity contribution in [2.75, 3.05) is 7.11 Å². The number of benzene rings is 1. The Morgan fingerprint density at radius 1 is 1.33 bits per heavy atom. The number of carbonyl (C=O) groups is 2. The molecule has 2 N–H and O–H groups in total. The topological polar surface area (TPSA) is 111 Å². The highest BCUT2D eigenvalue weighted by Gasteiger charge is 2.15. The number of carboxylic acid groups (broad SMARTS) is 1. The van der Waals surface area contributed by atoms with Crippen LogP contribution in [-0.4, -0.2) is 39.9 Å². The van der Waals surface area contributed by atoms with E-state index in [0.717, 1.165) is 10.2 Å². The molecule has 1 unspecified atom stereocenters. The lowest BCUT2D eigenvalue weighted by atomic mass is 10.1. The largest absolute Gasteiger partial charge is 0.497 e. The predicted molar refractivity (Wildman–Crippen MR) is 85.7 cm³/mol. The van der Waals surface area contributed by atoms with Crippen LogP contribution in [0.3, 0.4) is 0 Å². The van der Waals surface area contributed by atoms with Gasteiger partial charge >= 0.3 is 5.97 Å². The van der Waals surface area contributed by atoms with Crippen LogP contribution in [0.2, 0.25) is 0 Å². The lowest BCUT2D eigenvalue weighted by molar-refractivity contribution is -0.141. The SMILES string of the molecule is COc1cccc(-c2ccc(=O)n(CC(=O)NC(C)C(=O)O)n2)c1. The summed E-state index contributed by atoms with van der Waals surface area (Å²) in [6.45, 7) is 0.970. The first-order chi connectivity index (χ1) is 11.4. The summed E-state index contributed by atoms with van der Waals surface area (Å²) in [4.78, 5) is 34.4. The van der Waals surface area contributed by atoms with Gasteiger partial charge in [-0.1, -0.05) is 12.1 Å². The second-order valence-electron chi connectivity index (χ2n) is 5.07. The quantitative estimate of drug-likeness (QED) is 0.798. The molecule has 8 nitrogen and oxygen atoms in total. The highest BCUT2D eigenvalue weighted by molar-refractivity contribution is 5.83. The molecule has 1 heterocycles. The van der Waals surface area contributed by atoms with E-state index < -0.39 is 23.5 Å². The fraction of sp³-hybridized carbons (Fsp3) is 0.250. The van der Waals surface area contributed by atoms with Crippen molar-refractivity contribution in [2.24, 2.45) is 0 Å². The van der Waals surface area contributed by atoms with E-state index in [2.05, 4.69) is 10.4 Å². The van der Waals surface area contributed by atoms with Crippen molar-refractivity contribution in [1.29, 1.82) is 0 Å². The van der Waals surface area contributed by atoms with Gasteiger partial charge in [-0.2, -0.15) is 5.10 Å². The molecule has 2 aromatic rings. The maximum Gasteiger partial charge on any atom is 0.325 e. The highest BCUT2D eigenvalue weighted by Crippen LogP contribution is 2.20. The smallest absolute Gasteiger partial charge is 0.325 e. The summed E-state index contributed by atoms with van der Waals surface area (Å²) >= 11 is 0. The lowest BCUT2D eigenvalue weighted by Gasteiger charge is -2.11. The number of amides is 1. The van der Waals surface area contributed by atoms with Crippen molar-refractivity contribution in [3.8, 4) is 17.0 Å². The Morgan fingerprint density at radius 3 is 2.75 bits per heavy atom. The standard InChI is InChI=1S/C16H17N3O5/c1-10(16(22)23)17-14(20)9-19-15(21)7-6-13(18-19)11-4-3-5-12(8-11)24-2/h3-8,10H,9H2,1-2H3,(H,17,20)(H,22,23). The molecule has 1 amide bonds. The Bertz CT molecular complexity index is 815. The number of aliphatic carboxylic acids is 1. The van der Waals surface area contributed by atoms with E-state index in [1.807, 2.05) is 0 Å². The third-order valence-electron chi connectivity index (χ3n) is 3.27. The number of carboxylic acids is 1. The fourth-order valence-electron chi connectivity index (χ4n) is 1.98. The molecular formula is C16H17N3O5. The second-order valence-corrected chi connectivity index (χ2v) is 5.07. The maximum absolute atomic E-state index is 11.9. The Morgan fingerprint density at radius 2 is 2.08 bits per heavy atom. The summed E-state index contributed by atoms with van der Waals surface area (Å²) in [5.41, 5.74) is 0.759. The molecule has 2 rings (SSSR count). The number of nitrogens with zero attached hydrogens (tertiary/aromatic N) is 2. The van der Waals surface area contributed by atoms with E-state index >= 15 is 0 Å². The molecule has 0 saturated heterocycles. The summed E-state index contributed by atoms with van der Waals surface area (Å²) in [6.07, 6.45) is 0. The minimum absolute atomic E-state index is 0.367. The van der Waals surface area contributed by atoms with Crippen LogP contribution in [0.1, 0.15) is 6.92 Å². The van der Waals surface area contributed by atoms with Gasteiger partial charge in [0.25, 0.3) is 5.56 Å². The summed E-state index contributed by atoms with van der Waals surface area (Å²) < 4.78 is 6.13. The minimum atomic E-state index is -1.16. The van der Waals surface area contributed by atoms with Crippen molar-refractivity contribution in [3.63, 3.8) is 0 Å². The Kier molecular flexibility index (Phi) is 5.31. The second kappa shape index (κ2) is 7.40. The van der Waals surface area contributed by atoms with Gasteiger partial charge in [0.2, 0.25) is 5.91 Å². The van der Waals surface area contributed by atoms with E-state index in [4.69, 9.17) is 9.84 Å². The van der Waals surface area contributed by atoms with E-state index in [1.54, 1.807) is 37.4 Å². The van der Waals surface area contributed by atoms with Crippen LogP contribution in [0.25, 0.3) is 11.3 Å². The molecular weight excluding hydrogens is 314 g/mol. The van der Waals surface area contributed by atoms with Crippen molar-refractivity contribution < 1.29 is 19.4 Å². The molecule has 1 atom stereocenters. The van der Waals surface area contributed by atoms with Crippen molar-refractivity contribution in [2.45, 2.75) is 19.5 Å². The van der Waals surface area contributed by atoms with Crippen LogP contribution in [0.4, 0.5) is 0 Å². The highest BCUT2D eigenvalue weighted by atomic mass is 16.5. The predicted octanol–water partition coefficient (Wildman–Crippen LogP) is 0.508. The van der Waals surface area contributed by atoms with Gasteiger partial charge in [-0.05, 0) is 25.1 Å². The number of rotatable bonds is 6. The number of ether oxygens (including phenoxy) is 1. The molecule has 1 aromatic carbocycles. The van der Waals surface area contributed by atoms with Gasteiger partial charge in [0.05, 0.1) is 12.8 Å². The van der Waals surface area contributed by atoms with Crippen molar-refractivity contribution in [1.82, 2.24) is 15.1 Å². The van der Waals surface area contributed by atoms with Crippen LogP contribution < -0.4 is 15.6 Å². The van der Waals surface area contributed by atoms with E-state index in [1.165, 1.54) is 13.0 Å². The van der Waals surface area contributed by atoms with Gasteiger partial charge in [-0.3, -0.25) is 14.4 Å². The van der Waals surface area contributed by atoms with Gasteiger partial charge < -0.3 is 15.2 Å². The number of aromatic nitrogens is 2. The third-order valence-corrected chi connectivity index (χ3v) is 3.27. The molecule has 0 bridgehead atoms. The van der Waals surface area contributed by atoms with E-state index in [9.17, 15) is 14.4 Å². The average Bonchev–Trinajstić information content (AvgIpc) is 2.56. The summed E-state index contributed by atoms with van der Waals surface area (Å²) in [5, 5.41) is 15.2. The molecule has 0 saturated carbocycles. The molecule has 8 heteroatoms. The Balaban J connectivity index is 2.24. The van der Waals surface area contributed by atoms with Crippen LogP contribution in [-0.2, 0) is 16.1 Å². The van der Waals surface area contributed by atoms with Gasteiger partial charge in [0, 0.05) is 11.6 Å². The molecule has 0 fully saturated rings. The van der Waals surface area contributed by atoms with Gasteiger partial charge in [-0.25, -0.2) is 4.68 Å². The van der Waals surface area contributed by atoms with Crippen molar-refractivity contribution in [3.05, 3.63) is 46.8 Å². The number of hydrogen-bond acceptors (Lipinski definition) is 5. The molecule has 0 aliphatic rings. The molecule has 126 valence electrons. The first-order valence-electron chi connectivity index (χ1n) is 7.15. The zero-order valence-corrected chi connectivity index (χ0v) is 13.2. The molecule has 0 aliphatic heterocycles. The lowest BCUT2D eigenvalue weighted by Crippen LogP contribution is -2.41. The van der Waals surface area contributed by atoms with Crippen molar-refractivity contribution >= 4 is 11.9 Å². The van der Waals surface area contributed by atoms with Crippen LogP contribution >= 0.6 is 0 Å². The molecule has 0 spiro atoms. The number of carbonyl (C=O) groups excluding carboxylic acids is 1. The summed E-state index contributed by atoms with van der Waals surface area (Å²) in [6, 6.07) is 8.92. The average molecular weight is 331 g/mol. The minimum Gasteiger partial charge on any atom is -0.497 e. The molecule has 0 radical (unpaired) electrons. The summed E-state index contributed by atoms with van der Waals surface area (Å²) in [7, 11) is 1.54. The zero-order chi connectivity index (χ0) is 17.7. The van der Waals surface area contributed by atoms with E-state index in [0.29, 0.717) is 11.4 Å². The van der Waals surface area contributed by atoms with E-state index in [-0.39, 0.29) is 6.54 Å².